The van der Waals surface area contributed by atoms with Gasteiger partial charge in [0.2, 0.25) is 0 Å². The molecular formula is C9H13B. The Kier molecular flexibility index (Phi) is 2.15. The number of benzene rings is 1. The van der Waals surface area contributed by atoms with E-state index < -0.39 is 0 Å². The molecule has 0 saturated heterocycles. The van der Waals surface area contributed by atoms with Crippen LogP contribution >= 0.6 is 0 Å². The molecule has 0 fully saturated rings. The molecule has 0 aromatic heterocycles. The molecule has 0 N–H and O–H groups in total. The molecule has 1 rings (SSSR count). The lowest BCUT2D eigenvalue weighted by atomic mass is 9.88. The third-order valence-corrected chi connectivity index (χ3v) is 1.88. The largest absolute Gasteiger partial charge is 0.139 e. The van der Waals surface area contributed by atoms with Crippen molar-refractivity contribution in [2.75, 3.05) is 0 Å². The van der Waals surface area contributed by atoms with Crippen LogP contribution in [0.3, 0.4) is 0 Å². The highest BCUT2D eigenvalue weighted by Crippen LogP contribution is 1.99. The Morgan fingerprint density at radius 2 is 2.10 bits per heavy atom. The van der Waals surface area contributed by atoms with Crippen molar-refractivity contribution in [2.45, 2.75) is 20.3 Å². The van der Waals surface area contributed by atoms with E-state index in [2.05, 4.69) is 39.9 Å². The number of aryl methyl sites for hydroxylation is 2. The third-order valence-electron chi connectivity index (χ3n) is 1.88. The van der Waals surface area contributed by atoms with Gasteiger partial charge in [-0.2, -0.15) is 0 Å². The molecule has 0 aliphatic rings. The minimum absolute atomic E-state index is 1.14. The van der Waals surface area contributed by atoms with Crippen molar-refractivity contribution < 1.29 is 0 Å². The first-order valence-corrected chi connectivity index (χ1v) is 3.80. The molecule has 0 bridgehead atoms. The van der Waals surface area contributed by atoms with Gasteiger partial charge in [-0.1, -0.05) is 41.7 Å². The van der Waals surface area contributed by atoms with Gasteiger partial charge in [0.1, 0.15) is 7.85 Å². The molecule has 0 spiro atoms. The van der Waals surface area contributed by atoms with Crippen LogP contribution in [0.15, 0.2) is 18.2 Å². The van der Waals surface area contributed by atoms with Gasteiger partial charge in [-0.3, -0.25) is 0 Å². The highest BCUT2D eigenvalue weighted by atomic mass is 14.0. The minimum atomic E-state index is 1.14. The van der Waals surface area contributed by atoms with Gasteiger partial charge in [0, 0.05) is 0 Å². The van der Waals surface area contributed by atoms with Crippen molar-refractivity contribution in [1.29, 1.82) is 0 Å². The summed E-state index contributed by atoms with van der Waals surface area (Å²) in [6.07, 6.45) is 1.14. The minimum Gasteiger partial charge on any atom is -0.0856 e. The van der Waals surface area contributed by atoms with E-state index in [1.54, 1.807) is 0 Å². The normalized spacial score (nSPS) is 9.80. The zero-order chi connectivity index (χ0) is 7.56. The maximum Gasteiger partial charge on any atom is 0.139 e. The Labute approximate surface area is 63.7 Å². The van der Waals surface area contributed by atoms with E-state index in [9.17, 15) is 0 Å². The molecule has 0 saturated carbocycles. The molecular weight excluding hydrogens is 119 g/mol. The van der Waals surface area contributed by atoms with Gasteiger partial charge in [0.15, 0.2) is 0 Å². The molecule has 0 heterocycles. The first-order valence-electron chi connectivity index (χ1n) is 3.80. The molecule has 10 heavy (non-hydrogen) atoms. The second-order valence-corrected chi connectivity index (χ2v) is 2.78. The van der Waals surface area contributed by atoms with Gasteiger partial charge in [-0.05, 0) is 13.3 Å². The van der Waals surface area contributed by atoms with E-state index in [4.69, 9.17) is 0 Å². The summed E-state index contributed by atoms with van der Waals surface area (Å²) < 4.78 is 0. The van der Waals surface area contributed by atoms with E-state index >= 15 is 0 Å². The van der Waals surface area contributed by atoms with Crippen LogP contribution in [-0.2, 0) is 6.42 Å². The molecule has 0 amide bonds. The highest BCUT2D eigenvalue weighted by Gasteiger charge is 1.93. The molecule has 0 nitrogen and oxygen atoms in total. The average molecular weight is 132 g/mol. The number of hydrogen-bond donors (Lipinski definition) is 0. The monoisotopic (exact) mass is 132 g/mol. The van der Waals surface area contributed by atoms with Gasteiger partial charge in [0.25, 0.3) is 0 Å². The second-order valence-electron chi connectivity index (χ2n) is 2.78. The fourth-order valence-electron chi connectivity index (χ4n) is 1.24. The van der Waals surface area contributed by atoms with Crippen LogP contribution in [0.25, 0.3) is 0 Å². The van der Waals surface area contributed by atoms with Gasteiger partial charge >= 0.3 is 0 Å². The molecule has 1 aromatic carbocycles. The van der Waals surface area contributed by atoms with Crippen LogP contribution in [0.2, 0.25) is 0 Å². The van der Waals surface area contributed by atoms with Crippen LogP contribution in [0.4, 0.5) is 0 Å². The number of hydrogen-bond acceptors (Lipinski definition) is 0. The second kappa shape index (κ2) is 2.91. The average Bonchev–Trinajstić information content (AvgIpc) is 1.88. The molecule has 0 unspecified atom stereocenters. The zero-order valence-electron chi connectivity index (χ0n) is 6.94. The summed E-state index contributed by atoms with van der Waals surface area (Å²) in [7, 11) is 2.17. The van der Waals surface area contributed by atoms with Crippen molar-refractivity contribution in [3.63, 3.8) is 0 Å². The van der Waals surface area contributed by atoms with Crippen molar-refractivity contribution in [3.05, 3.63) is 29.3 Å². The Balaban J connectivity index is 3.07. The molecule has 0 aliphatic heterocycles. The summed E-state index contributed by atoms with van der Waals surface area (Å²) in [6, 6.07) is 6.62. The standard InChI is InChI=1S/C9H13B/c1-3-8-5-4-7(2)6-9(8)10/h4-6H,3,10H2,1-2H3. The smallest absolute Gasteiger partial charge is 0.0856 e. The lowest BCUT2D eigenvalue weighted by Gasteiger charge is -2.02. The van der Waals surface area contributed by atoms with Crippen molar-refractivity contribution in [3.8, 4) is 0 Å². The first kappa shape index (κ1) is 7.39. The van der Waals surface area contributed by atoms with E-state index in [0.717, 1.165) is 6.42 Å². The maximum atomic E-state index is 2.23. The van der Waals surface area contributed by atoms with E-state index in [1.807, 2.05) is 0 Å². The summed E-state index contributed by atoms with van der Waals surface area (Å²) in [6.45, 7) is 4.32. The SMILES string of the molecule is Bc1cc(C)ccc1CC. The fraction of sp³-hybridized carbons (Fsp3) is 0.333. The Morgan fingerprint density at radius 3 is 2.60 bits per heavy atom. The van der Waals surface area contributed by atoms with Crippen LogP contribution in [-0.4, -0.2) is 7.85 Å². The third kappa shape index (κ3) is 1.41. The molecule has 1 aromatic rings. The Hall–Kier alpha value is -0.715. The molecule has 0 aliphatic carbocycles. The van der Waals surface area contributed by atoms with E-state index in [-0.39, 0.29) is 0 Å². The molecule has 0 atom stereocenters. The summed E-state index contributed by atoms with van der Waals surface area (Å²) >= 11 is 0. The lowest BCUT2D eigenvalue weighted by Crippen LogP contribution is -2.09. The summed E-state index contributed by atoms with van der Waals surface area (Å²) in [5.41, 5.74) is 4.24. The van der Waals surface area contributed by atoms with Gasteiger partial charge < -0.3 is 0 Å². The Bertz CT molecular complexity index is 228. The van der Waals surface area contributed by atoms with Crippen LogP contribution in [0, 0.1) is 6.92 Å². The summed E-state index contributed by atoms with van der Waals surface area (Å²) in [5.74, 6) is 0. The lowest BCUT2D eigenvalue weighted by molar-refractivity contribution is 1.15. The Morgan fingerprint density at radius 1 is 1.40 bits per heavy atom. The number of rotatable bonds is 1. The topological polar surface area (TPSA) is 0 Å². The van der Waals surface area contributed by atoms with E-state index in [1.165, 1.54) is 16.6 Å². The van der Waals surface area contributed by atoms with E-state index in [0.29, 0.717) is 0 Å². The zero-order valence-corrected chi connectivity index (χ0v) is 6.94. The maximum absolute atomic E-state index is 2.23. The first-order chi connectivity index (χ1) is 4.74. The van der Waals surface area contributed by atoms with Crippen LogP contribution < -0.4 is 5.46 Å². The predicted octanol–water partition coefficient (Wildman–Crippen LogP) is 0.816. The highest BCUT2D eigenvalue weighted by molar-refractivity contribution is 6.33. The van der Waals surface area contributed by atoms with Crippen molar-refractivity contribution in [2.24, 2.45) is 0 Å². The molecule has 1 heteroatoms. The van der Waals surface area contributed by atoms with Crippen LogP contribution in [0.1, 0.15) is 18.1 Å². The van der Waals surface area contributed by atoms with Gasteiger partial charge in [0.05, 0.1) is 0 Å². The van der Waals surface area contributed by atoms with Crippen molar-refractivity contribution in [1.82, 2.24) is 0 Å². The fourth-order valence-corrected chi connectivity index (χ4v) is 1.24. The molecule has 0 radical (unpaired) electrons. The van der Waals surface area contributed by atoms with Crippen LogP contribution in [0.5, 0.6) is 0 Å². The quantitative estimate of drug-likeness (QED) is 0.496. The molecule has 52 valence electrons. The van der Waals surface area contributed by atoms with Crippen molar-refractivity contribution >= 4 is 13.3 Å². The summed E-state index contributed by atoms with van der Waals surface area (Å²) in [4.78, 5) is 0. The summed E-state index contributed by atoms with van der Waals surface area (Å²) in [5, 5.41) is 0. The predicted molar refractivity (Wildman–Crippen MR) is 48.7 cm³/mol. The van der Waals surface area contributed by atoms with Gasteiger partial charge in [-0.15, -0.1) is 0 Å². The van der Waals surface area contributed by atoms with Gasteiger partial charge in [-0.25, -0.2) is 0 Å².